The van der Waals surface area contributed by atoms with Gasteiger partial charge in [0.15, 0.2) is 17.5 Å². The average Bonchev–Trinajstić information content (AvgIpc) is 3.91. The number of rotatable bonds is 7. The number of hydrogen-bond donors (Lipinski definition) is 0. The van der Waals surface area contributed by atoms with Gasteiger partial charge in [0.05, 0.1) is 6.04 Å². The highest BCUT2D eigenvalue weighted by Gasteiger charge is 2.43. The Hall–Kier alpha value is -8.15. The monoisotopic (exact) mass is 794 g/mol. The number of benzene rings is 8. The van der Waals surface area contributed by atoms with Crippen molar-refractivity contribution in [1.82, 2.24) is 15.0 Å². The molecule has 1 aliphatic heterocycles. The molecule has 0 saturated carbocycles. The van der Waals surface area contributed by atoms with Gasteiger partial charge < -0.3 is 9.32 Å². The second-order valence-electron chi connectivity index (χ2n) is 15.9. The van der Waals surface area contributed by atoms with Crippen LogP contribution in [0.25, 0.3) is 84.6 Å². The Morgan fingerprint density at radius 2 is 0.935 bits per heavy atom. The third kappa shape index (κ3) is 6.13. The first-order chi connectivity index (χ1) is 30.7. The summed E-state index contributed by atoms with van der Waals surface area (Å²) >= 11 is 0. The van der Waals surface area contributed by atoms with Crippen molar-refractivity contribution in [3.63, 3.8) is 0 Å². The van der Waals surface area contributed by atoms with Gasteiger partial charge in [-0.3, -0.25) is 0 Å². The molecule has 62 heavy (non-hydrogen) atoms. The summed E-state index contributed by atoms with van der Waals surface area (Å²) in [4.78, 5) is 17.9. The van der Waals surface area contributed by atoms with Crippen LogP contribution in [0.2, 0.25) is 0 Å². The zero-order valence-electron chi connectivity index (χ0n) is 33.6. The van der Waals surface area contributed by atoms with E-state index < -0.39 is 0 Å². The number of nitrogens with zero attached hydrogens (tertiary/aromatic N) is 4. The minimum atomic E-state index is 0.138. The molecule has 10 aromatic rings. The molecule has 2 atom stereocenters. The van der Waals surface area contributed by atoms with Crippen LogP contribution in [0.1, 0.15) is 22.8 Å². The average molecular weight is 795 g/mol. The molecule has 5 heteroatoms. The molecule has 0 amide bonds. The molecule has 2 aromatic heterocycles. The predicted molar refractivity (Wildman–Crippen MR) is 252 cm³/mol. The topological polar surface area (TPSA) is 55.1 Å². The quantitative estimate of drug-likeness (QED) is 0.161. The van der Waals surface area contributed by atoms with E-state index in [1.165, 1.54) is 22.5 Å². The molecule has 0 bridgehead atoms. The summed E-state index contributed by atoms with van der Waals surface area (Å²) in [5, 5.41) is 1.15. The number of fused-ring (bicyclic) bond motifs is 7. The molecule has 2 unspecified atom stereocenters. The molecular formula is C57H38N4O. The van der Waals surface area contributed by atoms with E-state index in [1.54, 1.807) is 0 Å². The van der Waals surface area contributed by atoms with E-state index in [1.807, 2.05) is 12.1 Å². The number of anilines is 2. The van der Waals surface area contributed by atoms with Gasteiger partial charge in [-0.2, -0.15) is 0 Å². The molecule has 5 nitrogen and oxygen atoms in total. The molecule has 3 heterocycles. The van der Waals surface area contributed by atoms with Gasteiger partial charge in [0, 0.05) is 50.5 Å². The summed E-state index contributed by atoms with van der Waals surface area (Å²) in [7, 11) is 0. The van der Waals surface area contributed by atoms with Crippen molar-refractivity contribution in [1.29, 1.82) is 0 Å². The number of furan rings is 1. The Kier molecular flexibility index (Phi) is 8.56. The van der Waals surface area contributed by atoms with E-state index in [9.17, 15) is 0 Å². The highest BCUT2D eigenvalue weighted by molar-refractivity contribution is 5.98. The van der Waals surface area contributed by atoms with Crippen molar-refractivity contribution in [2.24, 2.45) is 0 Å². The first kappa shape index (κ1) is 35.8. The SMILES string of the molecule is C1=CC2C(c3ccccc3N2c2ccccc2)c2c1oc1c(-c3ccc(-c4nc(-c5cccc(-c6ccccc6)c5)nc(-c5cccc(-c6ccccc6)c5)n4)cc3)cccc21. The third-order valence-electron chi connectivity index (χ3n) is 12.3. The van der Waals surface area contributed by atoms with Crippen molar-refractivity contribution in [2.45, 2.75) is 12.0 Å². The summed E-state index contributed by atoms with van der Waals surface area (Å²) < 4.78 is 6.83. The lowest BCUT2D eigenvalue weighted by molar-refractivity contribution is 0.585. The largest absolute Gasteiger partial charge is 0.456 e. The molecule has 0 N–H and O–H groups in total. The van der Waals surface area contributed by atoms with Gasteiger partial charge in [-0.15, -0.1) is 0 Å². The summed E-state index contributed by atoms with van der Waals surface area (Å²) in [5.41, 5.74) is 15.2. The molecule has 0 fully saturated rings. The van der Waals surface area contributed by atoms with Gasteiger partial charge in [0.25, 0.3) is 0 Å². The van der Waals surface area contributed by atoms with Gasteiger partial charge in [0.2, 0.25) is 0 Å². The number of aromatic nitrogens is 3. The van der Waals surface area contributed by atoms with Crippen LogP contribution in [-0.4, -0.2) is 21.0 Å². The maximum atomic E-state index is 6.83. The van der Waals surface area contributed by atoms with Crippen molar-refractivity contribution < 1.29 is 4.42 Å². The lowest BCUT2D eigenvalue weighted by atomic mass is 9.82. The second-order valence-corrected chi connectivity index (χ2v) is 15.9. The fourth-order valence-corrected chi connectivity index (χ4v) is 9.40. The van der Waals surface area contributed by atoms with E-state index in [0.717, 1.165) is 66.8 Å². The van der Waals surface area contributed by atoms with Crippen LogP contribution in [0, 0.1) is 0 Å². The van der Waals surface area contributed by atoms with Crippen LogP contribution >= 0.6 is 0 Å². The molecule has 12 rings (SSSR count). The van der Waals surface area contributed by atoms with Gasteiger partial charge in [-0.1, -0.05) is 182 Å². The van der Waals surface area contributed by atoms with Crippen molar-refractivity contribution >= 4 is 28.4 Å². The van der Waals surface area contributed by atoms with Crippen LogP contribution < -0.4 is 4.90 Å². The lowest BCUT2D eigenvalue weighted by Gasteiger charge is -2.30. The molecular weight excluding hydrogens is 757 g/mol. The molecule has 0 saturated heterocycles. The van der Waals surface area contributed by atoms with Crippen LogP contribution in [0.5, 0.6) is 0 Å². The van der Waals surface area contributed by atoms with Crippen LogP contribution in [0.3, 0.4) is 0 Å². The molecule has 0 spiro atoms. The van der Waals surface area contributed by atoms with Gasteiger partial charge in [0.1, 0.15) is 11.3 Å². The minimum Gasteiger partial charge on any atom is -0.456 e. The first-order valence-electron chi connectivity index (χ1n) is 21.1. The minimum absolute atomic E-state index is 0.138. The molecule has 1 aliphatic carbocycles. The highest BCUT2D eigenvalue weighted by atomic mass is 16.3. The Balaban J connectivity index is 0.938. The zero-order valence-corrected chi connectivity index (χ0v) is 33.6. The Labute approximate surface area is 360 Å². The van der Waals surface area contributed by atoms with E-state index in [4.69, 9.17) is 19.4 Å². The fourth-order valence-electron chi connectivity index (χ4n) is 9.40. The number of hydrogen-bond acceptors (Lipinski definition) is 5. The van der Waals surface area contributed by atoms with Crippen LogP contribution in [0.4, 0.5) is 11.4 Å². The summed E-state index contributed by atoms with van der Waals surface area (Å²) in [5.74, 6) is 2.91. The summed E-state index contributed by atoms with van der Waals surface area (Å²) in [6.07, 6.45) is 4.48. The van der Waals surface area contributed by atoms with Crippen molar-refractivity contribution in [2.75, 3.05) is 4.90 Å². The van der Waals surface area contributed by atoms with Crippen molar-refractivity contribution in [3.05, 3.63) is 229 Å². The lowest BCUT2D eigenvalue weighted by Crippen LogP contribution is -2.30. The molecule has 0 radical (unpaired) electrons. The van der Waals surface area contributed by atoms with Gasteiger partial charge in [-0.05, 0) is 69.8 Å². The Morgan fingerprint density at radius 1 is 0.419 bits per heavy atom. The number of para-hydroxylation sites is 3. The smallest absolute Gasteiger partial charge is 0.164 e. The van der Waals surface area contributed by atoms with E-state index in [0.29, 0.717) is 17.5 Å². The molecule has 2 aliphatic rings. The zero-order chi connectivity index (χ0) is 41.0. The predicted octanol–water partition coefficient (Wildman–Crippen LogP) is 14.3. The maximum Gasteiger partial charge on any atom is 0.164 e. The van der Waals surface area contributed by atoms with Gasteiger partial charge in [-0.25, -0.2) is 15.0 Å². The van der Waals surface area contributed by atoms with E-state index >= 15 is 0 Å². The molecule has 8 aromatic carbocycles. The maximum absolute atomic E-state index is 6.83. The van der Waals surface area contributed by atoms with Crippen LogP contribution in [-0.2, 0) is 0 Å². The fraction of sp³-hybridized carbons (Fsp3) is 0.0351. The Bertz CT molecular complexity index is 3200. The first-order valence-corrected chi connectivity index (χ1v) is 21.1. The molecule has 292 valence electrons. The van der Waals surface area contributed by atoms with Crippen LogP contribution in [0.15, 0.2) is 217 Å². The summed E-state index contributed by atoms with van der Waals surface area (Å²) in [6.45, 7) is 0. The second kappa shape index (κ2) is 14.8. The standard InChI is InChI=1S/C57H38N4O/c1-4-15-37(16-5-1)41-19-12-21-43(35-41)56-58-55(59-57(60-56)44-22-13-20-42(36-44)38-17-6-2-7-18-38)40-31-29-39(30-32-40)46-26-14-27-48-53-51(62-54(46)48)34-33-50-52(53)47-25-10-11-28-49(47)61(50)45-23-8-3-9-24-45/h1-36,50,52H. The highest BCUT2D eigenvalue weighted by Crippen LogP contribution is 2.54. The van der Waals surface area contributed by atoms with E-state index in [2.05, 4.69) is 211 Å². The normalized spacial score (nSPS) is 15.0. The third-order valence-corrected chi connectivity index (χ3v) is 12.3. The van der Waals surface area contributed by atoms with E-state index in [-0.39, 0.29) is 12.0 Å². The summed E-state index contributed by atoms with van der Waals surface area (Å²) in [6, 6.07) is 72.4. The van der Waals surface area contributed by atoms with Gasteiger partial charge >= 0.3 is 0 Å². The van der Waals surface area contributed by atoms with Crippen molar-refractivity contribution in [3.8, 4) is 67.5 Å². The Morgan fingerprint density at radius 3 is 1.58 bits per heavy atom.